The van der Waals surface area contributed by atoms with Crippen molar-refractivity contribution in [2.45, 2.75) is 33.7 Å². The number of esters is 1. The monoisotopic (exact) mass is 401 g/mol. The van der Waals surface area contributed by atoms with Gasteiger partial charge in [-0.05, 0) is 33.3 Å². The van der Waals surface area contributed by atoms with Gasteiger partial charge in [0.05, 0.1) is 21.6 Å². The van der Waals surface area contributed by atoms with E-state index >= 15 is 0 Å². The molecule has 1 aromatic carbocycles. The number of carbonyl (C=O) groups excluding carboxylic acids is 1. The molecule has 9 heteroatoms. The SMILES string of the molecule is CCOC(=O)C1=C(C)n2c(sc(=C(C)C)c2=O)=N[C@@H]1c1cccc([N+](=O)[O-])c1. The fourth-order valence-corrected chi connectivity index (χ4v) is 4.11. The summed E-state index contributed by atoms with van der Waals surface area (Å²) < 4.78 is 7.15. The Kier molecular flexibility index (Phi) is 5.28. The van der Waals surface area contributed by atoms with E-state index in [4.69, 9.17) is 4.74 Å². The number of fused-ring (bicyclic) bond motifs is 1. The smallest absolute Gasteiger partial charge is 0.338 e. The topological polar surface area (TPSA) is 104 Å². The van der Waals surface area contributed by atoms with Gasteiger partial charge in [-0.3, -0.25) is 19.5 Å². The second-order valence-electron chi connectivity index (χ2n) is 6.46. The number of ether oxygens (including phenoxy) is 1. The number of aromatic nitrogens is 1. The number of non-ortho nitro benzene ring substituents is 1. The molecule has 0 saturated carbocycles. The number of hydrogen-bond acceptors (Lipinski definition) is 7. The zero-order valence-corrected chi connectivity index (χ0v) is 16.7. The Morgan fingerprint density at radius 2 is 2.11 bits per heavy atom. The van der Waals surface area contributed by atoms with Crippen LogP contribution in [-0.2, 0) is 9.53 Å². The van der Waals surface area contributed by atoms with Crippen LogP contribution >= 0.6 is 11.3 Å². The average Bonchev–Trinajstić information content (AvgIpc) is 2.99. The quantitative estimate of drug-likeness (QED) is 0.444. The van der Waals surface area contributed by atoms with Crippen molar-refractivity contribution in [1.82, 2.24) is 4.57 Å². The van der Waals surface area contributed by atoms with Crippen LogP contribution in [0.4, 0.5) is 5.69 Å². The highest BCUT2D eigenvalue weighted by molar-refractivity contribution is 7.07. The first-order chi connectivity index (χ1) is 13.3. The van der Waals surface area contributed by atoms with Crippen LogP contribution in [0.5, 0.6) is 0 Å². The maximum absolute atomic E-state index is 12.8. The number of hydrogen-bond donors (Lipinski definition) is 0. The van der Waals surface area contributed by atoms with Crippen LogP contribution in [0.3, 0.4) is 0 Å². The molecular formula is C19H19N3O5S. The van der Waals surface area contributed by atoms with Gasteiger partial charge in [0, 0.05) is 17.8 Å². The lowest BCUT2D eigenvalue weighted by Crippen LogP contribution is -2.35. The van der Waals surface area contributed by atoms with Crippen molar-refractivity contribution in [3.05, 3.63) is 65.2 Å². The fraction of sp³-hybridized carbons (Fsp3) is 0.316. The van der Waals surface area contributed by atoms with E-state index in [1.54, 1.807) is 26.0 Å². The van der Waals surface area contributed by atoms with Crippen molar-refractivity contribution in [2.24, 2.45) is 4.99 Å². The standard InChI is InChI=1S/C19H19N3O5S/c1-5-27-18(24)14-11(4)21-17(23)16(10(2)3)28-19(21)20-15(14)12-7-6-8-13(9-12)22(25)26/h6-9,15H,5H2,1-4H3/t15-/m1/s1. The molecule has 0 aliphatic carbocycles. The number of nitro groups is 1. The van der Waals surface area contributed by atoms with Crippen molar-refractivity contribution < 1.29 is 14.5 Å². The molecule has 0 spiro atoms. The van der Waals surface area contributed by atoms with E-state index in [1.165, 1.54) is 28.0 Å². The Labute approximate surface area is 164 Å². The number of nitrogens with zero attached hydrogens (tertiary/aromatic N) is 3. The van der Waals surface area contributed by atoms with Crippen LogP contribution in [0.15, 0.2) is 39.6 Å². The summed E-state index contributed by atoms with van der Waals surface area (Å²) >= 11 is 1.24. The van der Waals surface area contributed by atoms with E-state index < -0.39 is 16.9 Å². The maximum Gasteiger partial charge on any atom is 0.338 e. The minimum atomic E-state index is -0.790. The normalized spacial score (nSPS) is 15.6. The van der Waals surface area contributed by atoms with E-state index in [2.05, 4.69) is 4.99 Å². The van der Waals surface area contributed by atoms with Gasteiger partial charge in [-0.1, -0.05) is 29.0 Å². The minimum absolute atomic E-state index is 0.0962. The maximum atomic E-state index is 12.8. The molecule has 0 saturated heterocycles. The summed E-state index contributed by atoms with van der Waals surface area (Å²) in [6, 6.07) is 5.20. The number of thiazole rings is 1. The number of rotatable bonds is 4. The first-order valence-corrected chi connectivity index (χ1v) is 9.47. The predicted octanol–water partition coefficient (Wildman–Crippen LogP) is 2.18. The van der Waals surface area contributed by atoms with Crippen LogP contribution in [-0.4, -0.2) is 22.1 Å². The summed E-state index contributed by atoms with van der Waals surface area (Å²) in [5, 5.41) is 11.2. The van der Waals surface area contributed by atoms with Crippen LogP contribution in [0.25, 0.3) is 11.3 Å². The van der Waals surface area contributed by atoms with Crippen LogP contribution in [0, 0.1) is 10.1 Å². The van der Waals surface area contributed by atoms with E-state index in [0.29, 0.717) is 20.6 Å². The highest BCUT2D eigenvalue weighted by Crippen LogP contribution is 2.33. The molecule has 1 aliphatic rings. The van der Waals surface area contributed by atoms with Gasteiger partial charge in [0.1, 0.15) is 6.04 Å². The largest absolute Gasteiger partial charge is 0.463 e. The molecular weight excluding hydrogens is 382 g/mol. The number of benzene rings is 1. The Hall–Kier alpha value is -3.07. The molecule has 146 valence electrons. The first-order valence-electron chi connectivity index (χ1n) is 8.66. The summed E-state index contributed by atoms with van der Waals surface area (Å²) in [6.07, 6.45) is 0. The minimum Gasteiger partial charge on any atom is -0.463 e. The van der Waals surface area contributed by atoms with Gasteiger partial charge in [-0.15, -0.1) is 0 Å². The van der Waals surface area contributed by atoms with Crippen molar-refractivity contribution in [3.63, 3.8) is 0 Å². The van der Waals surface area contributed by atoms with Gasteiger partial charge in [-0.2, -0.15) is 0 Å². The third kappa shape index (κ3) is 3.29. The van der Waals surface area contributed by atoms with Crippen molar-refractivity contribution >= 4 is 34.3 Å². The average molecular weight is 401 g/mol. The lowest BCUT2D eigenvalue weighted by Gasteiger charge is -2.22. The van der Waals surface area contributed by atoms with E-state index in [-0.39, 0.29) is 23.4 Å². The second kappa shape index (κ2) is 7.51. The molecule has 2 aromatic rings. The van der Waals surface area contributed by atoms with Gasteiger partial charge in [0.2, 0.25) is 0 Å². The molecule has 8 nitrogen and oxygen atoms in total. The first kappa shape index (κ1) is 19.7. The molecule has 3 rings (SSSR count). The third-order valence-corrected chi connectivity index (χ3v) is 5.62. The van der Waals surface area contributed by atoms with Crippen molar-refractivity contribution in [1.29, 1.82) is 0 Å². The van der Waals surface area contributed by atoms with Crippen LogP contribution in [0.1, 0.15) is 39.3 Å². The molecule has 0 bridgehead atoms. The molecule has 0 N–H and O–H groups in total. The number of carbonyl (C=O) groups is 1. The Bertz CT molecular complexity index is 1180. The summed E-state index contributed by atoms with van der Waals surface area (Å²) in [5.74, 6) is -0.595. The predicted molar refractivity (Wildman–Crippen MR) is 105 cm³/mol. The molecule has 2 heterocycles. The van der Waals surface area contributed by atoms with Crippen LogP contribution in [0.2, 0.25) is 0 Å². The highest BCUT2D eigenvalue weighted by atomic mass is 32.1. The zero-order valence-electron chi connectivity index (χ0n) is 15.9. The Morgan fingerprint density at radius 3 is 2.71 bits per heavy atom. The van der Waals surface area contributed by atoms with Gasteiger partial charge >= 0.3 is 5.97 Å². The summed E-state index contributed by atoms with van der Waals surface area (Å²) in [7, 11) is 0. The number of nitro benzene ring substituents is 1. The second-order valence-corrected chi connectivity index (χ2v) is 7.44. The third-order valence-electron chi connectivity index (χ3n) is 4.37. The number of allylic oxidation sites excluding steroid dienone is 1. The summed E-state index contributed by atoms with van der Waals surface area (Å²) in [6.45, 7) is 7.18. The van der Waals surface area contributed by atoms with Gasteiger partial charge in [0.15, 0.2) is 4.80 Å². The van der Waals surface area contributed by atoms with Gasteiger partial charge in [0.25, 0.3) is 11.2 Å². The van der Waals surface area contributed by atoms with Crippen LogP contribution < -0.4 is 14.9 Å². The van der Waals surface area contributed by atoms with E-state index in [1.807, 2.05) is 13.8 Å². The van der Waals surface area contributed by atoms with Gasteiger partial charge < -0.3 is 4.74 Å². The van der Waals surface area contributed by atoms with Crippen molar-refractivity contribution in [2.75, 3.05) is 6.61 Å². The Balaban J connectivity index is 2.34. The molecule has 0 amide bonds. The molecule has 1 atom stereocenters. The van der Waals surface area contributed by atoms with E-state index in [0.717, 1.165) is 5.57 Å². The van der Waals surface area contributed by atoms with Gasteiger partial charge in [-0.25, -0.2) is 9.79 Å². The fourth-order valence-electron chi connectivity index (χ4n) is 3.08. The summed E-state index contributed by atoms with van der Waals surface area (Å²) in [4.78, 5) is 41.2. The lowest BCUT2D eigenvalue weighted by atomic mass is 9.96. The summed E-state index contributed by atoms with van der Waals surface area (Å²) in [5.41, 5.74) is 1.64. The molecule has 1 aromatic heterocycles. The lowest BCUT2D eigenvalue weighted by molar-refractivity contribution is -0.384. The zero-order chi connectivity index (χ0) is 20.6. The molecule has 0 radical (unpaired) electrons. The van der Waals surface area contributed by atoms with Crippen molar-refractivity contribution in [3.8, 4) is 0 Å². The molecule has 0 fully saturated rings. The molecule has 0 unspecified atom stereocenters. The Morgan fingerprint density at radius 1 is 1.39 bits per heavy atom. The van der Waals surface area contributed by atoms with E-state index in [9.17, 15) is 19.7 Å². The molecule has 28 heavy (non-hydrogen) atoms. The highest BCUT2D eigenvalue weighted by Gasteiger charge is 2.32. The molecule has 1 aliphatic heterocycles.